The average molecular weight is 300 g/mol. The van der Waals surface area contributed by atoms with E-state index in [0.717, 1.165) is 29.3 Å². The smallest absolute Gasteiger partial charge is 0.326 e. The fraction of sp³-hybridized carbons (Fsp3) is 0.412. The standard InChI is InChI=1S/C17H20N2O3/c1-10-6-7-13-12(11(10)2)9-14(18-13)16(20)19-8-4-3-5-15(19)17(21)22/h6-7,9,15,18H,3-5,8H2,1-2H3,(H,21,22)/t15-/m1/s1. The minimum Gasteiger partial charge on any atom is -0.480 e. The van der Waals surface area contributed by atoms with Crippen molar-refractivity contribution in [3.63, 3.8) is 0 Å². The van der Waals surface area contributed by atoms with Gasteiger partial charge in [0.25, 0.3) is 5.91 Å². The molecule has 2 heterocycles. The zero-order valence-corrected chi connectivity index (χ0v) is 12.8. The number of aromatic amines is 1. The van der Waals surface area contributed by atoms with Gasteiger partial charge in [0.15, 0.2) is 0 Å². The monoisotopic (exact) mass is 300 g/mol. The van der Waals surface area contributed by atoms with E-state index in [4.69, 9.17) is 0 Å². The molecule has 0 radical (unpaired) electrons. The van der Waals surface area contributed by atoms with Crippen LogP contribution in [0.25, 0.3) is 10.9 Å². The van der Waals surface area contributed by atoms with E-state index < -0.39 is 12.0 Å². The van der Waals surface area contributed by atoms with Crippen LogP contribution in [0.5, 0.6) is 0 Å². The SMILES string of the molecule is Cc1ccc2[nH]c(C(=O)N3CCCC[C@@H]3C(=O)O)cc2c1C. The summed E-state index contributed by atoms with van der Waals surface area (Å²) in [6, 6.07) is 5.10. The number of fused-ring (bicyclic) bond motifs is 1. The number of carbonyl (C=O) groups is 2. The Bertz CT molecular complexity index is 748. The summed E-state index contributed by atoms with van der Waals surface area (Å²) in [7, 11) is 0. The zero-order chi connectivity index (χ0) is 15.9. The lowest BCUT2D eigenvalue weighted by atomic mass is 10.0. The van der Waals surface area contributed by atoms with Crippen molar-refractivity contribution >= 4 is 22.8 Å². The second-order valence-corrected chi connectivity index (χ2v) is 6.00. The molecule has 0 unspecified atom stereocenters. The highest BCUT2D eigenvalue weighted by Gasteiger charge is 2.33. The highest BCUT2D eigenvalue weighted by molar-refractivity contribution is 6.00. The largest absolute Gasteiger partial charge is 0.480 e. The van der Waals surface area contributed by atoms with Crippen LogP contribution in [-0.4, -0.2) is 39.5 Å². The molecular formula is C17H20N2O3. The van der Waals surface area contributed by atoms with Crippen molar-refractivity contribution in [1.29, 1.82) is 0 Å². The van der Waals surface area contributed by atoms with Gasteiger partial charge in [0.2, 0.25) is 0 Å². The number of aromatic nitrogens is 1. The summed E-state index contributed by atoms with van der Waals surface area (Å²) < 4.78 is 0. The Morgan fingerprint density at radius 1 is 1.27 bits per heavy atom. The van der Waals surface area contributed by atoms with Crippen LogP contribution in [-0.2, 0) is 4.79 Å². The fourth-order valence-corrected chi connectivity index (χ4v) is 3.16. The maximum absolute atomic E-state index is 12.7. The first kappa shape index (κ1) is 14.6. The van der Waals surface area contributed by atoms with Gasteiger partial charge < -0.3 is 15.0 Å². The van der Waals surface area contributed by atoms with Crippen molar-refractivity contribution < 1.29 is 14.7 Å². The molecule has 1 fully saturated rings. The summed E-state index contributed by atoms with van der Waals surface area (Å²) in [4.78, 5) is 28.7. The number of aliphatic carboxylic acids is 1. The van der Waals surface area contributed by atoms with Gasteiger partial charge in [0.05, 0.1) is 0 Å². The molecule has 0 bridgehead atoms. The van der Waals surface area contributed by atoms with Gasteiger partial charge in [-0.2, -0.15) is 0 Å². The number of benzene rings is 1. The van der Waals surface area contributed by atoms with Gasteiger partial charge in [0.1, 0.15) is 11.7 Å². The van der Waals surface area contributed by atoms with Crippen LogP contribution >= 0.6 is 0 Å². The molecule has 0 aliphatic carbocycles. The number of H-pyrrole nitrogens is 1. The average Bonchev–Trinajstić information content (AvgIpc) is 2.95. The predicted octanol–water partition coefficient (Wildman–Crippen LogP) is 2.86. The molecule has 22 heavy (non-hydrogen) atoms. The van der Waals surface area contributed by atoms with Gasteiger partial charge in [-0.25, -0.2) is 4.79 Å². The number of piperidine rings is 1. The molecule has 3 rings (SSSR count). The third-order valence-corrected chi connectivity index (χ3v) is 4.62. The molecule has 1 atom stereocenters. The Labute approximate surface area is 128 Å². The van der Waals surface area contributed by atoms with E-state index in [1.165, 1.54) is 10.5 Å². The van der Waals surface area contributed by atoms with E-state index in [9.17, 15) is 14.7 Å². The lowest BCUT2D eigenvalue weighted by molar-refractivity contribution is -0.143. The fourth-order valence-electron chi connectivity index (χ4n) is 3.16. The van der Waals surface area contributed by atoms with Gasteiger partial charge in [0, 0.05) is 17.4 Å². The molecule has 0 saturated carbocycles. The predicted molar refractivity (Wildman–Crippen MR) is 84.1 cm³/mol. The molecule has 1 aromatic carbocycles. The van der Waals surface area contributed by atoms with Crippen LogP contribution in [0.1, 0.15) is 40.9 Å². The number of aryl methyl sites for hydroxylation is 2. The number of carboxylic acid groups (broad SMARTS) is 1. The third-order valence-electron chi connectivity index (χ3n) is 4.62. The number of hydrogen-bond donors (Lipinski definition) is 2. The number of nitrogens with one attached hydrogen (secondary N) is 1. The van der Waals surface area contributed by atoms with Crippen LogP contribution in [0.15, 0.2) is 18.2 Å². The van der Waals surface area contributed by atoms with Crippen molar-refractivity contribution in [2.24, 2.45) is 0 Å². The summed E-state index contributed by atoms with van der Waals surface area (Å²) >= 11 is 0. The molecule has 1 saturated heterocycles. The van der Waals surface area contributed by atoms with E-state index >= 15 is 0 Å². The molecule has 2 aromatic rings. The summed E-state index contributed by atoms with van der Waals surface area (Å²) in [5.74, 6) is -1.14. The highest BCUT2D eigenvalue weighted by atomic mass is 16.4. The number of amides is 1. The molecule has 116 valence electrons. The van der Waals surface area contributed by atoms with Crippen LogP contribution in [0.3, 0.4) is 0 Å². The number of carboxylic acids is 1. The van der Waals surface area contributed by atoms with E-state index in [0.29, 0.717) is 18.7 Å². The first-order chi connectivity index (χ1) is 10.5. The minimum absolute atomic E-state index is 0.222. The lowest BCUT2D eigenvalue weighted by Gasteiger charge is -2.32. The van der Waals surface area contributed by atoms with Gasteiger partial charge in [-0.15, -0.1) is 0 Å². The number of likely N-dealkylation sites (tertiary alicyclic amines) is 1. The molecule has 1 amide bonds. The Balaban J connectivity index is 1.97. The molecular weight excluding hydrogens is 280 g/mol. The minimum atomic E-state index is -0.920. The maximum atomic E-state index is 12.7. The first-order valence-electron chi connectivity index (χ1n) is 7.61. The van der Waals surface area contributed by atoms with E-state index in [-0.39, 0.29) is 5.91 Å². The Kier molecular flexibility index (Phi) is 3.64. The van der Waals surface area contributed by atoms with E-state index in [1.807, 2.05) is 32.0 Å². The second-order valence-electron chi connectivity index (χ2n) is 6.00. The topological polar surface area (TPSA) is 73.4 Å². The number of hydrogen-bond acceptors (Lipinski definition) is 2. The zero-order valence-electron chi connectivity index (χ0n) is 12.8. The van der Waals surface area contributed by atoms with Gasteiger partial charge in [-0.05, 0) is 56.4 Å². The normalized spacial score (nSPS) is 18.6. The van der Waals surface area contributed by atoms with Crippen molar-refractivity contribution in [3.8, 4) is 0 Å². The lowest BCUT2D eigenvalue weighted by Crippen LogP contribution is -2.48. The van der Waals surface area contributed by atoms with E-state index in [2.05, 4.69) is 4.98 Å². The summed E-state index contributed by atoms with van der Waals surface area (Å²) in [6.07, 6.45) is 2.24. The number of carbonyl (C=O) groups excluding carboxylic acids is 1. The maximum Gasteiger partial charge on any atom is 0.326 e. The van der Waals surface area contributed by atoms with Crippen LogP contribution in [0, 0.1) is 13.8 Å². The number of rotatable bonds is 2. The van der Waals surface area contributed by atoms with Gasteiger partial charge in [-0.1, -0.05) is 6.07 Å². The molecule has 5 nitrogen and oxygen atoms in total. The molecule has 1 aliphatic heterocycles. The molecule has 5 heteroatoms. The first-order valence-corrected chi connectivity index (χ1v) is 7.61. The van der Waals surface area contributed by atoms with Gasteiger partial charge >= 0.3 is 5.97 Å². The number of nitrogens with zero attached hydrogens (tertiary/aromatic N) is 1. The summed E-state index contributed by atoms with van der Waals surface area (Å²) in [6.45, 7) is 4.57. The summed E-state index contributed by atoms with van der Waals surface area (Å²) in [5, 5.41) is 10.3. The van der Waals surface area contributed by atoms with Crippen molar-refractivity contribution in [3.05, 3.63) is 35.0 Å². The second kappa shape index (κ2) is 5.48. The highest BCUT2D eigenvalue weighted by Crippen LogP contribution is 2.25. The van der Waals surface area contributed by atoms with Crippen LogP contribution < -0.4 is 0 Å². The summed E-state index contributed by atoms with van der Waals surface area (Å²) in [5.41, 5.74) is 3.69. The quantitative estimate of drug-likeness (QED) is 0.895. The van der Waals surface area contributed by atoms with Crippen molar-refractivity contribution in [2.75, 3.05) is 6.54 Å². The van der Waals surface area contributed by atoms with Crippen LogP contribution in [0.4, 0.5) is 0 Å². The Hall–Kier alpha value is -2.30. The van der Waals surface area contributed by atoms with Crippen molar-refractivity contribution in [1.82, 2.24) is 9.88 Å². The molecule has 1 aromatic heterocycles. The van der Waals surface area contributed by atoms with E-state index in [1.54, 1.807) is 0 Å². The molecule has 1 aliphatic rings. The van der Waals surface area contributed by atoms with Crippen LogP contribution in [0.2, 0.25) is 0 Å². The molecule has 0 spiro atoms. The Morgan fingerprint density at radius 3 is 2.77 bits per heavy atom. The third kappa shape index (κ3) is 2.36. The van der Waals surface area contributed by atoms with Crippen molar-refractivity contribution in [2.45, 2.75) is 39.2 Å². The molecule has 2 N–H and O–H groups in total. The Morgan fingerprint density at radius 2 is 2.05 bits per heavy atom. The van der Waals surface area contributed by atoms with Gasteiger partial charge in [-0.3, -0.25) is 4.79 Å².